The van der Waals surface area contributed by atoms with E-state index in [1.54, 1.807) is 0 Å². The van der Waals surface area contributed by atoms with Gasteiger partial charge in [-0.3, -0.25) is 5.32 Å². The van der Waals surface area contributed by atoms with Gasteiger partial charge >= 0.3 is 0 Å². The van der Waals surface area contributed by atoms with Crippen molar-refractivity contribution in [2.24, 2.45) is 5.92 Å². The van der Waals surface area contributed by atoms with Crippen molar-refractivity contribution < 1.29 is 4.74 Å². The second-order valence-electron chi connectivity index (χ2n) is 4.92. The van der Waals surface area contributed by atoms with E-state index in [-0.39, 0.29) is 0 Å². The van der Waals surface area contributed by atoms with Crippen LogP contribution in [-0.2, 0) is 4.74 Å². The summed E-state index contributed by atoms with van der Waals surface area (Å²) in [7, 11) is 0. The van der Waals surface area contributed by atoms with Gasteiger partial charge in [0.2, 0.25) is 0 Å². The molecule has 1 aliphatic carbocycles. The molecule has 1 atom stereocenters. The minimum absolute atomic E-state index is 0.425. The molecule has 16 heavy (non-hydrogen) atoms. The van der Waals surface area contributed by atoms with Crippen molar-refractivity contribution in [1.29, 1.82) is 5.26 Å². The number of hydrogen-bond donors (Lipinski definition) is 1. The molecule has 0 aliphatic heterocycles. The van der Waals surface area contributed by atoms with E-state index in [1.807, 2.05) is 13.8 Å². The lowest BCUT2D eigenvalue weighted by atomic mass is 9.83. The summed E-state index contributed by atoms with van der Waals surface area (Å²) < 4.78 is 5.59. The van der Waals surface area contributed by atoms with Crippen LogP contribution in [0.25, 0.3) is 0 Å². The molecule has 1 saturated carbocycles. The maximum Gasteiger partial charge on any atom is 0.106 e. The number of nitrogens with zero attached hydrogens (tertiary/aromatic N) is 1. The van der Waals surface area contributed by atoms with E-state index in [4.69, 9.17) is 10.00 Å². The SMILES string of the molecule is CCNC(C)(C#N)CCOCCC1CCC1. The van der Waals surface area contributed by atoms with Crippen molar-refractivity contribution >= 4 is 0 Å². The topological polar surface area (TPSA) is 45.0 Å². The highest BCUT2D eigenvalue weighted by molar-refractivity contribution is 5.03. The van der Waals surface area contributed by atoms with Crippen LogP contribution in [0.4, 0.5) is 0 Å². The first-order chi connectivity index (χ1) is 7.70. The summed E-state index contributed by atoms with van der Waals surface area (Å²) in [5, 5.41) is 12.2. The molecule has 0 spiro atoms. The highest BCUT2D eigenvalue weighted by atomic mass is 16.5. The third-order valence-corrected chi connectivity index (χ3v) is 3.46. The van der Waals surface area contributed by atoms with Gasteiger partial charge in [-0.15, -0.1) is 0 Å². The molecule has 0 amide bonds. The zero-order valence-corrected chi connectivity index (χ0v) is 10.6. The van der Waals surface area contributed by atoms with Gasteiger partial charge in [0.25, 0.3) is 0 Å². The van der Waals surface area contributed by atoms with E-state index in [0.717, 1.165) is 25.5 Å². The van der Waals surface area contributed by atoms with Gasteiger partial charge in [-0.2, -0.15) is 5.26 Å². The van der Waals surface area contributed by atoms with E-state index in [9.17, 15) is 0 Å². The van der Waals surface area contributed by atoms with Crippen LogP contribution >= 0.6 is 0 Å². The lowest BCUT2D eigenvalue weighted by Gasteiger charge is -2.25. The predicted octanol–water partition coefficient (Wildman–Crippen LogP) is 2.48. The van der Waals surface area contributed by atoms with Crippen LogP contribution in [0.15, 0.2) is 0 Å². The molecular formula is C13H24N2O. The molecule has 92 valence electrons. The molecule has 1 unspecified atom stereocenters. The van der Waals surface area contributed by atoms with Crippen LogP contribution in [0.2, 0.25) is 0 Å². The van der Waals surface area contributed by atoms with Crippen molar-refractivity contribution in [3.8, 4) is 6.07 Å². The molecule has 0 radical (unpaired) electrons. The Morgan fingerprint density at radius 2 is 2.19 bits per heavy atom. The minimum atomic E-state index is -0.425. The number of rotatable bonds is 8. The van der Waals surface area contributed by atoms with Crippen LogP contribution < -0.4 is 5.32 Å². The van der Waals surface area contributed by atoms with Gasteiger partial charge in [0.15, 0.2) is 0 Å². The Bertz CT molecular complexity index is 233. The average Bonchev–Trinajstić information content (AvgIpc) is 2.21. The smallest absolute Gasteiger partial charge is 0.106 e. The van der Waals surface area contributed by atoms with Crippen molar-refractivity contribution in [3.05, 3.63) is 0 Å². The molecule has 3 nitrogen and oxygen atoms in total. The van der Waals surface area contributed by atoms with Gasteiger partial charge < -0.3 is 4.74 Å². The van der Waals surface area contributed by atoms with E-state index >= 15 is 0 Å². The van der Waals surface area contributed by atoms with Crippen LogP contribution in [-0.4, -0.2) is 25.3 Å². The molecule has 3 heteroatoms. The standard InChI is InChI=1S/C13H24N2O/c1-3-15-13(2,11-14)8-10-16-9-7-12-5-4-6-12/h12,15H,3-10H2,1-2H3. The van der Waals surface area contributed by atoms with E-state index in [2.05, 4.69) is 11.4 Å². The third kappa shape index (κ3) is 4.51. The van der Waals surface area contributed by atoms with Gasteiger partial charge in [-0.25, -0.2) is 0 Å². The zero-order valence-electron chi connectivity index (χ0n) is 10.6. The Morgan fingerprint density at radius 3 is 2.69 bits per heavy atom. The number of nitriles is 1. The molecule has 0 aromatic carbocycles. The van der Waals surface area contributed by atoms with Crippen molar-refractivity contribution in [2.75, 3.05) is 19.8 Å². The average molecular weight is 224 g/mol. The first-order valence-electron chi connectivity index (χ1n) is 6.44. The normalized spacial score (nSPS) is 19.8. The summed E-state index contributed by atoms with van der Waals surface area (Å²) in [6, 6.07) is 2.31. The maximum absolute atomic E-state index is 9.04. The molecule has 0 aromatic rings. The summed E-state index contributed by atoms with van der Waals surface area (Å²) >= 11 is 0. The predicted molar refractivity (Wildman–Crippen MR) is 65.1 cm³/mol. The zero-order chi connectivity index (χ0) is 11.9. The number of ether oxygens (including phenoxy) is 1. The second-order valence-corrected chi connectivity index (χ2v) is 4.92. The van der Waals surface area contributed by atoms with Gasteiger partial charge in [-0.1, -0.05) is 26.2 Å². The van der Waals surface area contributed by atoms with Crippen molar-refractivity contribution in [1.82, 2.24) is 5.32 Å². The fourth-order valence-corrected chi connectivity index (χ4v) is 1.98. The van der Waals surface area contributed by atoms with Gasteiger partial charge in [0.05, 0.1) is 6.07 Å². The Balaban J connectivity index is 2.02. The fourth-order valence-electron chi connectivity index (χ4n) is 1.98. The van der Waals surface area contributed by atoms with Crippen molar-refractivity contribution in [2.45, 2.75) is 51.5 Å². The highest BCUT2D eigenvalue weighted by Gasteiger charge is 2.22. The molecule has 0 saturated heterocycles. The van der Waals surface area contributed by atoms with Crippen LogP contribution in [0.1, 0.15) is 46.0 Å². The number of nitrogens with one attached hydrogen (secondary N) is 1. The third-order valence-electron chi connectivity index (χ3n) is 3.46. The second kappa shape index (κ2) is 6.88. The molecule has 1 fully saturated rings. The largest absolute Gasteiger partial charge is 0.381 e. The highest BCUT2D eigenvalue weighted by Crippen LogP contribution is 2.29. The summed E-state index contributed by atoms with van der Waals surface area (Å²) in [5.41, 5.74) is -0.425. The summed E-state index contributed by atoms with van der Waals surface area (Å²) in [4.78, 5) is 0. The summed E-state index contributed by atoms with van der Waals surface area (Å²) in [5.74, 6) is 0.913. The summed E-state index contributed by atoms with van der Waals surface area (Å²) in [6.45, 7) is 6.33. The quantitative estimate of drug-likeness (QED) is 0.644. The minimum Gasteiger partial charge on any atom is -0.381 e. The van der Waals surface area contributed by atoms with E-state index < -0.39 is 5.54 Å². The van der Waals surface area contributed by atoms with Gasteiger partial charge in [-0.05, 0) is 25.8 Å². The lowest BCUT2D eigenvalue weighted by Crippen LogP contribution is -2.41. The Morgan fingerprint density at radius 1 is 1.44 bits per heavy atom. The Kier molecular flexibility index (Phi) is 5.79. The van der Waals surface area contributed by atoms with Crippen LogP contribution in [0.3, 0.4) is 0 Å². The first-order valence-corrected chi connectivity index (χ1v) is 6.44. The molecule has 1 aliphatic rings. The molecule has 1 N–H and O–H groups in total. The van der Waals surface area contributed by atoms with Gasteiger partial charge in [0.1, 0.15) is 5.54 Å². The molecule has 1 rings (SSSR count). The van der Waals surface area contributed by atoms with Crippen LogP contribution in [0, 0.1) is 17.2 Å². The summed E-state index contributed by atoms with van der Waals surface area (Å²) in [6.07, 6.45) is 6.14. The molecular weight excluding hydrogens is 200 g/mol. The number of hydrogen-bond acceptors (Lipinski definition) is 3. The monoisotopic (exact) mass is 224 g/mol. The first kappa shape index (κ1) is 13.5. The Labute approximate surface area is 99.2 Å². The maximum atomic E-state index is 9.04. The van der Waals surface area contributed by atoms with E-state index in [1.165, 1.54) is 25.7 Å². The Hall–Kier alpha value is -0.590. The van der Waals surface area contributed by atoms with E-state index in [0.29, 0.717) is 6.61 Å². The van der Waals surface area contributed by atoms with Crippen LogP contribution in [0.5, 0.6) is 0 Å². The van der Waals surface area contributed by atoms with Crippen molar-refractivity contribution in [3.63, 3.8) is 0 Å². The fraction of sp³-hybridized carbons (Fsp3) is 0.923. The lowest BCUT2D eigenvalue weighted by molar-refractivity contribution is 0.0949. The van der Waals surface area contributed by atoms with Gasteiger partial charge in [0, 0.05) is 19.6 Å². The molecule has 0 aromatic heterocycles. The molecule has 0 bridgehead atoms. The molecule has 0 heterocycles.